The molecule has 3 N–H and O–H groups in total. The number of hydrogen-bond acceptors (Lipinski definition) is 5. The molecule has 0 spiro atoms. The van der Waals surface area contributed by atoms with Gasteiger partial charge in [-0.2, -0.15) is 0 Å². The Hall–Kier alpha value is -1.53. The second-order valence-electron chi connectivity index (χ2n) is 3.24. The van der Waals surface area contributed by atoms with Crippen LogP contribution in [0.1, 0.15) is 15.9 Å². The van der Waals surface area contributed by atoms with E-state index in [9.17, 15) is 9.59 Å². The van der Waals surface area contributed by atoms with Gasteiger partial charge in [-0.25, -0.2) is 5.84 Å². The first-order chi connectivity index (χ1) is 8.17. The van der Waals surface area contributed by atoms with Gasteiger partial charge in [-0.05, 0) is 17.7 Å². The van der Waals surface area contributed by atoms with Gasteiger partial charge >= 0.3 is 5.97 Å². The molecule has 1 rings (SSSR count). The summed E-state index contributed by atoms with van der Waals surface area (Å²) in [5, 5.41) is 0. The van der Waals surface area contributed by atoms with Gasteiger partial charge in [0.25, 0.3) is 5.91 Å². The lowest BCUT2D eigenvalue weighted by molar-refractivity contribution is -0.137. The Bertz CT molecular complexity index is 392. The number of nitrogens with two attached hydrogens (primary N) is 1. The van der Waals surface area contributed by atoms with Crippen LogP contribution in [-0.2, 0) is 15.3 Å². The number of nitrogens with one attached hydrogen (secondary N) is 1. The second kappa shape index (κ2) is 6.93. The Morgan fingerprint density at radius 1 is 1.35 bits per heavy atom. The summed E-state index contributed by atoms with van der Waals surface area (Å²) in [6.45, 7) is 0. The van der Waals surface area contributed by atoms with Gasteiger partial charge < -0.3 is 4.74 Å². The molecule has 6 heteroatoms. The first-order valence-electron chi connectivity index (χ1n) is 4.92. The van der Waals surface area contributed by atoms with E-state index in [-0.39, 0.29) is 11.9 Å². The van der Waals surface area contributed by atoms with E-state index in [4.69, 9.17) is 5.84 Å². The smallest absolute Gasteiger partial charge is 0.315 e. The maximum atomic E-state index is 11.2. The maximum absolute atomic E-state index is 11.2. The van der Waals surface area contributed by atoms with Crippen LogP contribution < -0.4 is 11.3 Å². The SMILES string of the molecule is COC(=O)CSCc1ccc(C(=O)NN)cc1. The number of carbonyl (C=O) groups is 2. The Morgan fingerprint density at radius 3 is 2.53 bits per heavy atom. The van der Waals surface area contributed by atoms with Crippen LogP contribution in [0.2, 0.25) is 0 Å². The fraction of sp³-hybridized carbons (Fsp3) is 0.273. The number of nitrogen functional groups attached to an aromatic ring is 1. The van der Waals surface area contributed by atoms with E-state index in [0.29, 0.717) is 17.1 Å². The van der Waals surface area contributed by atoms with Crippen LogP contribution in [0.4, 0.5) is 0 Å². The van der Waals surface area contributed by atoms with Crippen molar-refractivity contribution < 1.29 is 14.3 Å². The number of esters is 1. The zero-order chi connectivity index (χ0) is 12.7. The molecule has 1 aromatic rings. The standard InChI is InChI=1S/C11H14N2O3S/c1-16-10(14)7-17-6-8-2-4-9(5-3-8)11(15)13-12/h2-5H,6-7,12H2,1H3,(H,13,15). The quantitative estimate of drug-likeness (QED) is 0.350. The molecular weight excluding hydrogens is 240 g/mol. The molecule has 0 aliphatic rings. The van der Waals surface area contributed by atoms with Crippen LogP contribution in [0, 0.1) is 0 Å². The van der Waals surface area contributed by atoms with Gasteiger partial charge in [0.05, 0.1) is 12.9 Å². The highest BCUT2D eigenvalue weighted by Gasteiger charge is 2.04. The van der Waals surface area contributed by atoms with Crippen molar-refractivity contribution in [1.29, 1.82) is 0 Å². The van der Waals surface area contributed by atoms with Crippen molar-refractivity contribution in [1.82, 2.24) is 5.43 Å². The van der Waals surface area contributed by atoms with Crippen molar-refractivity contribution in [3.05, 3.63) is 35.4 Å². The molecule has 0 atom stereocenters. The largest absolute Gasteiger partial charge is 0.468 e. The van der Waals surface area contributed by atoms with Crippen LogP contribution in [0.5, 0.6) is 0 Å². The number of benzene rings is 1. The summed E-state index contributed by atoms with van der Waals surface area (Å²) in [7, 11) is 1.36. The van der Waals surface area contributed by atoms with Crippen molar-refractivity contribution in [3.8, 4) is 0 Å². The molecule has 1 aromatic carbocycles. The van der Waals surface area contributed by atoms with Crippen molar-refractivity contribution in [2.75, 3.05) is 12.9 Å². The summed E-state index contributed by atoms with van der Waals surface area (Å²) in [6.07, 6.45) is 0. The predicted molar refractivity (Wildman–Crippen MR) is 66.3 cm³/mol. The zero-order valence-corrected chi connectivity index (χ0v) is 10.3. The molecule has 0 heterocycles. The lowest BCUT2D eigenvalue weighted by Crippen LogP contribution is -2.29. The molecule has 17 heavy (non-hydrogen) atoms. The van der Waals surface area contributed by atoms with Gasteiger partial charge in [0.2, 0.25) is 0 Å². The fourth-order valence-electron chi connectivity index (χ4n) is 1.15. The molecule has 0 aliphatic carbocycles. The van der Waals surface area contributed by atoms with E-state index in [1.165, 1.54) is 18.9 Å². The Morgan fingerprint density at radius 2 is 2.00 bits per heavy atom. The summed E-state index contributed by atoms with van der Waals surface area (Å²) in [5.74, 6) is 5.47. The van der Waals surface area contributed by atoms with Gasteiger partial charge in [0.1, 0.15) is 0 Å². The molecule has 0 unspecified atom stereocenters. The molecule has 0 bridgehead atoms. The molecule has 0 saturated carbocycles. The number of thioether (sulfide) groups is 1. The van der Waals surface area contributed by atoms with E-state index in [1.54, 1.807) is 12.1 Å². The molecule has 0 aliphatic heterocycles. The van der Waals surface area contributed by atoms with Gasteiger partial charge in [-0.3, -0.25) is 15.0 Å². The first kappa shape index (κ1) is 13.5. The predicted octanol–water partition coefficient (Wildman–Crippen LogP) is 0.696. The highest BCUT2D eigenvalue weighted by molar-refractivity contribution is 7.99. The van der Waals surface area contributed by atoms with Crippen LogP contribution in [0.3, 0.4) is 0 Å². The highest BCUT2D eigenvalue weighted by atomic mass is 32.2. The fourth-order valence-corrected chi connectivity index (χ4v) is 1.96. The summed E-state index contributed by atoms with van der Waals surface area (Å²) in [4.78, 5) is 22.0. The van der Waals surface area contributed by atoms with Crippen molar-refractivity contribution >= 4 is 23.6 Å². The maximum Gasteiger partial charge on any atom is 0.315 e. The van der Waals surface area contributed by atoms with Crippen LogP contribution in [0.25, 0.3) is 0 Å². The number of carbonyl (C=O) groups excluding carboxylic acids is 2. The Kier molecular flexibility index (Phi) is 5.51. The number of amides is 1. The number of ether oxygens (including phenoxy) is 1. The second-order valence-corrected chi connectivity index (χ2v) is 4.22. The van der Waals surface area contributed by atoms with Crippen molar-refractivity contribution in [3.63, 3.8) is 0 Å². The summed E-state index contributed by atoms with van der Waals surface area (Å²) >= 11 is 1.46. The molecule has 0 fully saturated rings. The van der Waals surface area contributed by atoms with E-state index < -0.39 is 0 Å². The Labute approximate surface area is 104 Å². The molecular formula is C11H14N2O3S. The molecule has 1 amide bonds. The zero-order valence-electron chi connectivity index (χ0n) is 9.43. The number of methoxy groups -OCH3 is 1. The van der Waals surface area contributed by atoms with Gasteiger partial charge in [-0.1, -0.05) is 12.1 Å². The number of hydrogen-bond donors (Lipinski definition) is 2. The number of rotatable bonds is 5. The lowest BCUT2D eigenvalue weighted by atomic mass is 10.1. The lowest BCUT2D eigenvalue weighted by Gasteiger charge is -2.03. The van der Waals surface area contributed by atoms with Crippen LogP contribution in [-0.4, -0.2) is 24.7 Å². The number of hydrazine groups is 1. The van der Waals surface area contributed by atoms with E-state index in [1.807, 2.05) is 12.1 Å². The molecule has 0 radical (unpaired) electrons. The summed E-state index contributed by atoms with van der Waals surface area (Å²) in [6, 6.07) is 7.04. The third-order valence-electron chi connectivity index (χ3n) is 2.06. The molecule has 0 saturated heterocycles. The first-order valence-corrected chi connectivity index (χ1v) is 6.07. The van der Waals surface area contributed by atoms with Gasteiger partial charge in [-0.15, -0.1) is 11.8 Å². The van der Waals surface area contributed by atoms with E-state index in [0.717, 1.165) is 5.56 Å². The average Bonchev–Trinajstić information content (AvgIpc) is 2.38. The van der Waals surface area contributed by atoms with Crippen molar-refractivity contribution in [2.24, 2.45) is 5.84 Å². The van der Waals surface area contributed by atoms with Gasteiger partial charge in [0.15, 0.2) is 0 Å². The van der Waals surface area contributed by atoms with E-state index in [2.05, 4.69) is 10.2 Å². The third kappa shape index (κ3) is 4.46. The van der Waals surface area contributed by atoms with Crippen molar-refractivity contribution in [2.45, 2.75) is 5.75 Å². The summed E-state index contributed by atoms with van der Waals surface area (Å²) in [5.41, 5.74) is 3.60. The third-order valence-corrected chi connectivity index (χ3v) is 3.04. The summed E-state index contributed by atoms with van der Waals surface area (Å²) < 4.78 is 4.53. The molecule has 5 nitrogen and oxygen atoms in total. The highest BCUT2D eigenvalue weighted by Crippen LogP contribution is 2.13. The van der Waals surface area contributed by atoms with Crippen LogP contribution in [0.15, 0.2) is 24.3 Å². The molecule has 0 aromatic heterocycles. The minimum atomic E-state index is -0.321. The normalized spacial score (nSPS) is 9.76. The average molecular weight is 254 g/mol. The topological polar surface area (TPSA) is 81.4 Å². The van der Waals surface area contributed by atoms with E-state index >= 15 is 0 Å². The van der Waals surface area contributed by atoms with Crippen LogP contribution >= 0.6 is 11.8 Å². The monoisotopic (exact) mass is 254 g/mol. The minimum Gasteiger partial charge on any atom is -0.468 e. The Balaban J connectivity index is 2.46. The van der Waals surface area contributed by atoms with Gasteiger partial charge in [0, 0.05) is 11.3 Å². The molecule has 92 valence electrons. The minimum absolute atomic E-state index is 0.242.